The topological polar surface area (TPSA) is 24.9 Å². The monoisotopic (exact) mass is 294 g/mol. The van der Waals surface area contributed by atoms with Gasteiger partial charge >= 0.3 is 0 Å². The van der Waals surface area contributed by atoms with Crippen molar-refractivity contribution in [3.8, 4) is 0 Å². The quantitative estimate of drug-likeness (QED) is 0.920. The molecule has 2 rings (SSSR count). The molecule has 1 unspecified atom stereocenters. The molecule has 0 radical (unpaired) electrons. The highest BCUT2D eigenvalue weighted by molar-refractivity contribution is 8.06. The lowest BCUT2D eigenvalue weighted by Crippen LogP contribution is -2.23. The van der Waals surface area contributed by atoms with E-state index in [1.54, 1.807) is 12.3 Å². The van der Waals surface area contributed by atoms with E-state index in [0.29, 0.717) is 15.3 Å². The lowest BCUT2D eigenvalue weighted by molar-refractivity contribution is 0.993. The Kier molecular flexibility index (Phi) is 4.95. The first-order valence-corrected chi connectivity index (χ1v) is 7.96. The largest absolute Gasteiger partial charge is 0.368 e. The van der Waals surface area contributed by atoms with E-state index in [4.69, 9.17) is 23.2 Å². The maximum Gasteiger partial charge on any atom is 0.144 e. The maximum absolute atomic E-state index is 6.03. The number of halogens is 2. The maximum atomic E-state index is 6.03. The van der Waals surface area contributed by atoms with Crippen LogP contribution in [-0.4, -0.2) is 34.0 Å². The van der Waals surface area contributed by atoms with Gasteiger partial charge in [-0.3, -0.25) is 0 Å². The molecule has 0 bridgehead atoms. The van der Waals surface area contributed by atoms with Crippen molar-refractivity contribution < 1.29 is 0 Å². The van der Waals surface area contributed by atoms with E-state index in [9.17, 15) is 0 Å². The minimum Gasteiger partial charge on any atom is -0.368 e. The Morgan fingerprint density at radius 2 is 2.31 bits per heavy atom. The second kappa shape index (κ2) is 6.24. The number of nitrogens with zero attached hydrogens (tertiary/aromatic N) is 1. The molecule has 16 heavy (non-hydrogen) atoms. The smallest absolute Gasteiger partial charge is 0.144 e. The summed E-state index contributed by atoms with van der Waals surface area (Å²) in [6, 6.07) is 1.71. The molecular formula is C10H12Cl2N2S2. The van der Waals surface area contributed by atoms with E-state index in [1.807, 2.05) is 23.5 Å². The van der Waals surface area contributed by atoms with Gasteiger partial charge in [0.2, 0.25) is 0 Å². The third-order valence-corrected chi connectivity index (χ3v) is 5.53. The van der Waals surface area contributed by atoms with E-state index >= 15 is 0 Å². The molecule has 0 aliphatic carbocycles. The van der Waals surface area contributed by atoms with Gasteiger partial charge in [-0.25, -0.2) is 4.98 Å². The molecule has 1 aromatic rings. The number of pyridine rings is 1. The van der Waals surface area contributed by atoms with Gasteiger partial charge in [0, 0.05) is 35.3 Å². The average molecular weight is 295 g/mol. The lowest BCUT2D eigenvalue weighted by atomic mass is 10.4. The molecule has 0 aromatic carbocycles. The van der Waals surface area contributed by atoms with Gasteiger partial charge in [-0.05, 0) is 6.07 Å². The van der Waals surface area contributed by atoms with Crippen molar-refractivity contribution in [3.63, 3.8) is 0 Å². The Balaban J connectivity index is 1.88. The van der Waals surface area contributed by atoms with Crippen LogP contribution in [0, 0.1) is 0 Å². The van der Waals surface area contributed by atoms with Gasteiger partial charge in [-0.1, -0.05) is 23.2 Å². The minimum absolute atomic E-state index is 0.568. The Labute approximate surface area is 114 Å². The zero-order valence-electron chi connectivity index (χ0n) is 8.58. The zero-order chi connectivity index (χ0) is 11.4. The van der Waals surface area contributed by atoms with Crippen molar-refractivity contribution in [3.05, 3.63) is 22.3 Å². The second-order valence-corrected chi connectivity index (χ2v) is 6.83. The Morgan fingerprint density at radius 3 is 3.00 bits per heavy atom. The molecule has 1 N–H and O–H groups in total. The molecule has 0 amide bonds. The van der Waals surface area contributed by atoms with Crippen molar-refractivity contribution >= 4 is 52.5 Å². The minimum atomic E-state index is 0.568. The average Bonchev–Trinajstić information content (AvgIpc) is 2.29. The van der Waals surface area contributed by atoms with Crippen molar-refractivity contribution in [1.29, 1.82) is 0 Å². The molecule has 1 aromatic heterocycles. The summed E-state index contributed by atoms with van der Waals surface area (Å²) < 4.78 is 0. The van der Waals surface area contributed by atoms with Gasteiger partial charge in [0.15, 0.2) is 0 Å². The van der Waals surface area contributed by atoms with Crippen molar-refractivity contribution in [1.82, 2.24) is 4.98 Å². The highest BCUT2D eigenvalue weighted by Crippen LogP contribution is 2.26. The van der Waals surface area contributed by atoms with Crippen molar-refractivity contribution in [2.24, 2.45) is 0 Å². The molecule has 0 saturated carbocycles. The standard InChI is InChI=1S/C10H12Cl2N2S2/c11-7-3-9(12)10(13-4-7)14-5-8-6-15-1-2-16-8/h3-4,8H,1-2,5-6H2,(H,13,14). The number of aromatic nitrogens is 1. The molecule has 88 valence electrons. The summed E-state index contributed by atoms with van der Waals surface area (Å²) in [5, 5.41) is 5.07. The van der Waals surface area contributed by atoms with E-state index in [0.717, 1.165) is 12.4 Å². The number of nitrogens with one attached hydrogen (secondary N) is 1. The second-order valence-electron chi connectivity index (χ2n) is 3.43. The highest BCUT2D eigenvalue weighted by Gasteiger charge is 2.14. The molecule has 0 spiro atoms. The SMILES string of the molecule is Clc1cnc(NCC2CSCCS2)c(Cl)c1. The third-order valence-electron chi connectivity index (χ3n) is 2.19. The number of hydrogen-bond donors (Lipinski definition) is 1. The number of thioether (sulfide) groups is 2. The van der Waals surface area contributed by atoms with Crippen LogP contribution in [-0.2, 0) is 0 Å². The van der Waals surface area contributed by atoms with E-state index < -0.39 is 0 Å². The van der Waals surface area contributed by atoms with Crippen LogP contribution in [0.15, 0.2) is 12.3 Å². The number of rotatable bonds is 3. The number of hydrogen-bond acceptors (Lipinski definition) is 4. The highest BCUT2D eigenvalue weighted by atomic mass is 35.5. The van der Waals surface area contributed by atoms with Gasteiger partial charge in [0.25, 0.3) is 0 Å². The molecular weight excluding hydrogens is 283 g/mol. The molecule has 1 saturated heterocycles. The lowest BCUT2D eigenvalue weighted by Gasteiger charge is -2.21. The van der Waals surface area contributed by atoms with Crippen LogP contribution in [0.3, 0.4) is 0 Å². The molecule has 6 heteroatoms. The Hall–Kier alpha value is 0.230. The zero-order valence-corrected chi connectivity index (χ0v) is 11.7. The Morgan fingerprint density at radius 1 is 1.44 bits per heavy atom. The molecule has 1 fully saturated rings. The van der Waals surface area contributed by atoms with Crippen LogP contribution in [0.2, 0.25) is 10.0 Å². The summed E-state index contributed by atoms with van der Waals surface area (Å²) in [4.78, 5) is 4.17. The summed E-state index contributed by atoms with van der Waals surface area (Å²) in [5.74, 6) is 4.42. The van der Waals surface area contributed by atoms with Crippen LogP contribution >= 0.6 is 46.7 Å². The summed E-state index contributed by atoms with van der Waals surface area (Å²) in [6.45, 7) is 0.909. The van der Waals surface area contributed by atoms with E-state index in [1.165, 1.54) is 17.3 Å². The first-order valence-electron chi connectivity index (χ1n) is 5.00. The summed E-state index contributed by atoms with van der Waals surface area (Å²) >= 11 is 15.8. The molecule has 1 aliphatic rings. The molecule has 2 heterocycles. The molecule has 1 atom stereocenters. The van der Waals surface area contributed by atoms with Crippen LogP contribution in [0.4, 0.5) is 5.82 Å². The predicted octanol–water partition coefficient (Wildman–Crippen LogP) is 3.65. The normalized spacial score (nSPS) is 20.8. The van der Waals surface area contributed by atoms with Crippen LogP contribution < -0.4 is 5.32 Å². The first-order chi connectivity index (χ1) is 7.75. The fourth-order valence-electron chi connectivity index (χ4n) is 1.41. The summed E-state index contributed by atoms with van der Waals surface area (Å²) in [5.41, 5.74) is 0. The van der Waals surface area contributed by atoms with Gasteiger partial charge in [0.05, 0.1) is 10.0 Å². The Bertz CT molecular complexity index is 357. The van der Waals surface area contributed by atoms with Gasteiger partial charge in [0.1, 0.15) is 5.82 Å². The summed E-state index contributed by atoms with van der Waals surface area (Å²) in [7, 11) is 0. The van der Waals surface area contributed by atoms with Gasteiger partial charge in [-0.2, -0.15) is 23.5 Å². The fraction of sp³-hybridized carbons (Fsp3) is 0.500. The predicted molar refractivity (Wildman–Crippen MR) is 76.3 cm³/mol. The number of anilines is 1. The van der Waals surface area contributed by atoms with E-state index in [2.05, 4.69) is 10.3 Å². The van der Waals surface area contributed by atoms with Crippen molar-refractivity contribution in [2.45, 2.75) is 5.25 Å². The summed E-state index contributed by atoms with van der Waals surface area (Å²) in [6.07, 6.45) is 1.61. The van der Waals surface area contributed by atoms with Crippen molar-refractivity contribution in [2.75, 3.05) is 29.1 Å². The molecule has 2 nitrogen and oxygen atoms in total. The van der Waals surface area contributed by atoms with E-state index in [-0.39, 0.29) is 0 Å². The first kappa shape index (κ1) is 12.7. The van der Waals surface area contributed by atoms with Gasteiger partial charge in [-0.15, -0.1) is 0 Å². The van der Waals surface area contributed by atoms with Crippen LogP contribution in [0.1, 0.15) is 0 Å². The fourth-order valence-corrected chi connectivity index (χ4v) is 4.47. The van der Waals surface area contributed by atoms with Gasteiger partial charge < -0.3 is 5.32 Å². The molecule has 1 aliphatic heterocycles. The van der Waals surface area contributed by atoms with Crippen LogP contribution in [0.25, 0.3) is 0 Å². The van der Waals surface area contributed by atoms with Crippen LogP contribution in [0.5, 0.6) is 0 Å². The third kappa shape index (κ3) is 3.62.